The van der Waals surface area contributed by atoms with Crippen molar-refractivity contribution in [1.82, 2.24) is 10.3 Å². The van der Waals surface area contributed by atoms with Crippen molar-refractivity contribution in [3.05, 3.63) is 23.9 Å². The number of hydrogen-bond donors (Lipinski definition) is 1. The highest BCUT2D eigenvalue weighted by Crippen LogP contribution is 2.28. The minimum absolute atomic E-state index is 0.178. The van der Waals surface area contributed by atoms with E-state index in [9.17, 15) is 4.79 Å². The lowest BCUT2D eigenvalue weighted by molar-refractivity contribution is -0.122. The Balaban J connectivity index is 1.54. The molecule has 0 aromatic carbocycles. The van der Waals surface area contributed by atoms with Gasteiger partial charge in [-0.1, -0.05) is 6.07 Å². The lowest BCUT2D eigenvalue weighted by Gasteiger charge is -2.27. The van der Waals surface area contributed by atoms with Crippen molar-refractivity contribution in [2.75, 3.05) is 31.2 Å². The molecule has 1 amide bonds. The number of carbonyl (C=O) groups is 1. The minimum atomic E-state index is 0.178. The van der Waals surface area contributed by atoms with Crippen molar-refractivity contribution in [2.24, 2.45) is 5.92 Å². The Morgan fingerprint density at radius 3 is 2.79 bits per heavy atom. The van der Waals surface area contributed by atoms with Crippen LogP contribution >= 0.6 is 0 Å². The zero-order valence-corrected chi connectivity index (χ0v) is 11.0. The van der Waals surface area contributed by atoms with Crippen LogP contribution in [0.1, 0.15) is 18.4 Å². The molecule has 2 fully saturated rings. The van der Waals surface area contributed by atoms with E-state index >= 15 is 0 Å². The third-order valence-electron chi connectivity index (χ3n) is 3.56. The topological polar surface area (TPSA) is 54.5 Å². The van der Waals surface area contributed by atoms with Crippen LogP contribution in [0.2, 0.25) is 0 Å². The lowest BCUT2D eigenvalue weighted by atomic mass is 10.2. The lowest BCUT2D eigenvalue weighted by Crippen LogP contribution is -2.36. The number of rotatable bonds is 4. The van der Waals surface area contributed by atoms with Gasteiger partial charge < -0.3 is 15.0 Å². The standard InChI is InChI=1S/C14H19N3O2/c18-14(12-2-3-12)16-10-11-1-4-13(15-9-11)17-5-7-19-8-6-17/h1,4,9,12H,2-3,5-8,10H2,(H,16,18). The molecular formula is C14H19N3O2. The summed E-state index contributed by atoms with van der Waals surface area (Å²) in [5.41, 5.74) is 1.05. The number of morpholine rings is 1. The average Bonchev–Trinajstić information content (AvgIpc) is 3.31. The summed E-state index contributed by atoms with van der Waals surface area (Å²) in [5, 5.41) is 2.95. The summed E-state index contributed by atoms with van der Waals surface area (Å²) in [6.45, 7) is 3.89. The summed E-state index contributed by atoms with van der Waals surface area (Å²) >= 11 is 0. The molecular weight excluding hydrogens is 242 g/mol. The molecule has 2 aliphatic rings. The van der Waals surface area contributed by atoms with Crippen molar-refractivity contribution in [3.63, 3.8) is 0 Å². The molecule has 1 aromatic heterocycles. The van der Waals surface area contributed by atoms with Crippen LogP contribution in [-0.2, 0) is 16.1 Å². The molecule has 0 bridgehead atoms. The van der Waals surface area contributed by atoms with Crippen molar-refractivity contribution in [2.45, 2.75) is 19.4 Å². The fourth-order valence-electron chi connectivity index (χ4n) is 2.18. The number of pyridine rings is 1. The number of aromatic nitrogens is 1. The molecule has 5 heteroatoms. The Labute approximate surface area is 113 Å². The van der Waals surface area contributed by atoms with Gasteiger partial charge in [0.25, 0.3) is 0 Å². The van der Waals surface area contributed by atoms with Crippen LogP contribution in [0.3, 0.4) is 0 Å². The summed E-state index contributed by atoms with van der Waals surface area (Å²) in [5.74, 6) is 1.43. The average molecular weight is 261 g/mol. The highest BCUT2D eigenvalue weighted by molar-refractivity contribution is 5.80. The van der Waals surface area contributed by atoms with E-state index in [1.807, 2.05) is 18.3 Å². The van der Waals surface area contributed by atoms with Crippen LogP contribution < -0.4 is 10.2 Å². The van der Waals surface area contributed by atoms with Crippen LogP contribution in [0.15, 0.2) is 18.3 Å². The summed E-state index contributed by atoms with van der Waals surface area (Å²) in [6.07, 6.45) is 3.93. The third-order valence-corrected chi connectivity index (χ3v) is 3.56. The molecule has 0 atom stereocenters. The second kappa shape index (κ2) is 5.57. The third kappa shape index (κ3) is 3.23. The number of anilines is 1. The minimum Gasteiger partial charge on any atom is -0.378 e. The van der Waals surface area contributed by atoms with E-state index in [-0.39, 0.29) is 11.8 Å². The fraction of sp³-hybridized carbons (Fsp3) is 0.571. The van der Waals surface area contributed by atoms with Gasteiger partial charge in [-0.25, -0.2) is 4.98 Å². The van der Waals surface area contributed by atoms with Crippen molar-refractivity contribution < 1.29 is 9.53 Å². The van der Waals surface area contributed by atoms with Gasteiger partial charge in [-0.05, 0) is 24.5 Å². The highest BCUT2D eigenvalue weighted by atomic mass is 16.5. The first-order valence-electron chi connectivity index (χ1n) is 6.88. The highest BCUT2D eigenvalue weighted by Gasteiger charge is 2.29. The molecule has 2 heterocycles. The number of amides is 1. The second-order valence-electron chi connectivity index (χ2n) is 5.12. The van der Waals surface area contributed by atoms with E-state index in [2.05, 4.69) is 15.2 Å². The number of hydrogen-bond acceptors (Lipinski definition) is 4. The first-order valence-corrected chi connectivity index (χ1v) is 6.88. The molecule has 0 unspecified atom stereocenters. The zero-order chi connectivity index (χ0) is 13.1. The van der Waals surface area contributed by atoms with E-state index in [0.717, 1.165) is 50.5 Å². The molecule has 1 saturated carbocycles. The Kier molecular flexibility index (Phi) is 3.64. The van der Waals surface area contributed by atoms with Gasteiger partial charge in [0.2, 0.25) is 5.91 Å². The number of nitrogens with one attached hydrogen (secondary N) is 1. The van der Waals surface area contributed by atoms with E-state index in [1.165, 1.54) is 0 Å². The number of carbonyl (C=O) groups excluding carboxylic acids is 1. The summed E-state index contributed by atoms with van der Waals surface area (Å²) in [7, 11) is 0. The Morgan fingerprint density at radius 1 is 1.37 bits per heavy atom. The van der Waals surface area contributed by atoms with Gasteiger partial charge in [0.1, 0.15) is 5.82 Å². The van der Waals surface area contributed by atoms with Crippen molar-refractivity contribution in [3.8, 4) is 0 Å². The number of nitrogens with zero attached hydrogens (tertiary/aromatic N) is 2. The van der Waals surface area contributed by atoms with Crippen molar-refractivity contribution >= 4 is 11.7 Å². The SMILES string of the molecule is O=C(NCc1ccc(N2CCOCC2)nc1)C1CC1. The quantitative estimate of drug-likeness (QED) is 0.876. The zero-order valence-electron chi connectivity index (χ0n) is 11.0. The van der Waals surface area contributed by atoms with Crippen LogP contribution in [0, 0.1) is 5.92 Å². The van der Waals surface area contributed by atoms with Gasteiger partial charge in [0, 0.05) is 31.7 Å². The maximum atomic E-state index is 11.5. The maximum Gasteiger partial charge on any atom is 0.223 e. The van der Waals surface area contributed by atoms with Gasteiger partial charge in [0.05, 0.1) is 13.2 Å². The molecule has 1 saturated heterocycles. The van der Waals surface area contributed by atoms with Gasteiger partial charge >= 0.3 is 0 Å². The molecule has 1 aromatic rings. The second-order valence-corrected chi connectivity index (χ2v) is 5.12. The first-order chi connectivity index (χ1) is 9.33. The smallest absolute Gasteiger partial charge is 0.223 e. The fourth-order valence-corrected chi connectivity index (χ4v) is 2.18. The molecule has 102 valence electrons. The van der Waals surface area contributed by atoms with E-state index in [4.69, 9.17) is 4.74 Å². The van der Waals surface area contributed by atoms with E-state index in [0.29, 0.717) is 6.54 Å². The Hall–Kier alpha value is -1.62. The van der Waals surface area contributed by atoms with Crippen LogP contribution in [0.5, 0.6) is 0 Å². The molecule has 1 aliphatic heterocycles. The summed E-state index contributed by atoms with van der Waals surface area (Å²) in [4.78, 5) is 18.2. The molecule has 5 nitrogen and oxygen atoms in total. The number of ether oxygens (including phenoxy) is 1. The van der Waals surface area contributed by atoms with Crippen LogP contribution in [0.25, 0.3) is 0 Å². The maximum absolute atomic E-state index is 11.5. The molecule has 1 N–H and O–H groups in total. The molecule has 0 spiro atoms. The van der Waals surface area contributed by atoms with Gasteiger partial charge in [0.15, 0.2) is 0 Å². The van der Waals surface area contributed by atoms with Crippen molar-refractivity contribution in [1.29, 1.82) is 0 Å². The molecule has 0 radical (unpaired) electrons. The van der Waals surface area contributed by atoms with Crippen LogP contribution in [-0.4, -0.2) is 37.2 Å². The van der Waals surface area contributed by atoms with Gasteiger partial charge in [-0.3, -0.25) is 4.79 Å². The molecule has 3 rings (SSSR count). The Bertz CT molecular complexity index is 437. The predicted molar refractivity (Wildman–Crippen MR) is 71.8 cm³/mol. The normalized spacial score (nSPS) is 19.3. The van der Waals surface area contributed by atoms with Gasteiger partial charge in [-0.2, -0.15) is 0 Å². The van der Waals surface area contributed by atoms with E-state index in [1.54, 1.807) is 0 Å². The van der Waals surface area contributed by atoms with Crippen LogP contribution in [0.4, 0.5) is 5.82 Å². The monoisotopic (exact) mass is 261 g/mol. The molecule has 19 heavy (non-hydrogen) atoms. The Morgan fingerprint density at radius 2 is 2.16 bits per heavy atom. The predicted octanol–water partition coefficient (Wildman–Crippen LogP) is 0.944. The first kappa shape index (κ1) is 12.4. The molecule has 1 aliphatic carbocycles. The summed E-state index contributed by atoms with van der Waals surface area (Å²) < 4.78 is 5.32. The van der Waals surface area contributed by atoms with E-state index < -0.39 is 0 Å². The largest absolute Gasteiger partial charge is 0.378 e. The van der Waals surface area contributed by atoms with Gasteiger partial charge in [-0.15, -0.1) is 0 Å². The summed E-state index contributed by atoms with van der Waals surface area (Å²) in [6, 6.07) is 4.05.